The van der Waals surface area contributed by atoms with Gasteiger partial charge in [-0.25, -0.2) is 16.8 Å². The van der Waals surface area contributed by atoms with Gasteiger partial charge in [0.1, 0.15) is 0 Å². The standard InChI is InChI=1S/C5H14N2O5S2/c1-12-5-4-7(14(3,10)11)6-13(2,8)9/h6H,4-5H2,1-3H3. The summed E-state index contributed by atoms with van der Waals surface area (Å²) in [7, 11) is -5.81. The molecule has 86 valence electrons. The van der Waals surface area contributed by atoms with Gasteiger partial charge >= 0.3 is 0 Å². The minimum Gasteiger partial charge on any atom is -0.383 e. The number of methoxy groups -OCH3 is 1. The largest absolute Gasteiger partial charge is 0.383 e. The fourth-order valence-corrected chi connectivity index (χ4v) is 2.45. The van der Waals surface area contributed by atoms with Gasteiger partial charge < -0.3 is 4.74 Å². The minimum atomic E-state index is -3.61. The Morgan fingerprint density at radius 1 is 1.21 bits per heavy atom. The molecule has 0 aliphatic carbocycles. The van der Waals surface area contributed by atoms with Crippen LogP contribution in [0.15, 0.2) is 0 Å². The van der Waals surface area contributed by atoms with Gasteiger partial charge in [-0.3, -0.25) is 0 Å². The van der Waals surface area contributed by atoms with E-state index in [1.807, 2.05) is 4.83 Å². The number of ether oxygens (including phenoxy) is 1. The number of hydrogen-bond acceptors (Lipinski definition) is 5. The third-order valence-electron chi connectivity index (χ3n) is 1.17. The number of sulfonamides is 2. The van der Waals surface area contributed by atoms with Gasteiger partial charge in [-0.05, 0) is 0 Å². The van der Waals surface area contributed by atoms with E-state index in [9.17, 15) is 16.8 Å². The van der Waals surface area contributed by atoms with Gasteiger partial charge in [0.25, 0.3) is 0 Å². The SMILES string of the molecule is COCCN(NS(C)(=O)=O)S(C)(=O)=O. The number of nitrogens with zero attached hydrogens (tertiary/aromatic N) is 1. The number of hydrazine groups is 1. The van der Waals surface area contributed by atoms with Crippen molar-refractivity contribution in [3.05, 3.63) is 0 Å². The molecule has 0 rings (SSSR count). The fourth-order valence-electron chi connectivity index (χ4n) is 0.638. The Bertz CT molecular complexity index is 360. The Morgan fingerprint density at radius 3 is 2.00 bits per heavy atom. The molecule has 14 heavy (non-hydrogen) atoms. The highest BCUT2D eigenvalue weighted by Crippen LogP contribution is 1.94. The zero-order chi connectivity index (χ0) is 11.4. The van der Waals surface area contributed by atoms with Crippen LogP contribution in [0.3, 0.4) is 0 Å². The Morgan fingerprint density at radius 2 is 1.71 bits per heavy atom. The lowest BCUT2D eigenvalue weighted by atomic mass is 10.7. The first-order valence-corrected chi connectivity index (χ1v) is 7.35. The zero-order valence-electron chi connectivity index (χ0n) is 8.22. The van der Waals surface area contributed by atoms with Gasteiger partial charge in [-0.2, -0.15) is 0 Å². The van der Waals surface area contributed by atoms with E-state index in [-0.39, 0.29) is 13.2 Å². The number of hydrogen-bond donors (Lipinski definition) is 1. The summed E-state index contributed by atoms with van der Waals surface area (Å²) in [4.78, 5) is 1.87. The molecule has 0 saturated heterocycles. The summed E-state index contributed by atoms with van der Waals surface area (Å²) < 4.78 is 49.0. The second-order valence-electron chi connectivity index (χ2n) is 2.69. The summed E-state index contributed by atoms with van der Waals surface area (Å²) in [6.45, 7) is 0.0397. The van der Waals surface area contributed by atoms with Crippen molar-refractivity contribution in [3.8, 4) is 0 Å². The lowest BCUT2D eigenvalue weighted by molar-refractivity contribution is 0.174. The molecule has 0 heterocycles. The molecule has 0 saturated carbocycles. The van der Waals surface area contributed by atoms with Crippen molar-refractivity contribution >= 4 is 20.0 Å². The molecule has 0 aliphatic heterocycles. The molecular formula is C5H14N2O5S2. The average molecular weight is 246 g/mol. The van der Waals surface area contributed by atoms with Crippen LogP contribution in [0, 0.1) is 0 Å². The number of rotatable bonds is 6. The van der Waals surface area contributed by atoms with Crippen LogP contribution in [-0.2, 0) is 24.8 Å². The molecule has 9 heteroatoms. The van der Waals surface area contributed by atoms with Gasteiger partial charge in [0.15, 0.2) is 0 Å². The maximum Gasteiger partial charge on any atom is 0.224 e. The van der Waals surface area contributed by atoms with E-state index >= 15 is 0 Å². The van der Waals surface area contributed by atoms with E-state index in [1.54, 1.807) is 0 Å². The average Bonchev–Trinajstić information content (AvgIpc) is 1.93. The quantitative estimate of drug-likeness (QED) is 0.567. The van der Waals surface area contributed by atoms with E-state index < -0.39 is 20.0 Å². The highest BCUT2D eigenvalue weighted by Gasteiger charge is 2.19. The molecule has 0 aromatic heterocycles. The normalized spacial score (nSPS) is 13.4. The summed E-state index contributed by atoms with van der Waals surface area (Å²) in [5, 5.41) is 0. The summed E-state index contributed by atoms with van der Waals surface area (Å²) in [6.07, 6.45) is 1.78. The van der Waals surface area contributed by atoms with Crippen LogP contribution in [0.1, 0.15) is 0 Å². The van der Waals surface area contributed by atoms with Crippen molar-refractivity contribution in [1.29, 1.82) is 0 Å². The maximum atomic E-state index is 11.1. The smallest absolute Gasteiger partial charge is 0.224 e. The Balaban J connectivity index is 4.59. The van der Waals surface area contributed by atoms with Gasteiger partial charge in [0.2, 0.25) is 20.0 Å². The molecule has 1 N–H and O–H groups in total. The van der Waals surface area contributed by atoms with E-state index in [0.717, 1.165) is 12.5 Å². The van der Waals surface area contributed by atoms with E-state index in [4.69, 9.17) is 0 Å². The number of nitrogens with one attached hydrogen (secondary N) is 1. The molecule has 0 atom stereocenters. The third-order valence-corrected chi connectivity index (χ3v) is 2.91. The fraction of sp³-hybridized carbons (Fsp3) is 1.00. The van der Waals surface area contributed by atoms with Crippen LogP contribution in [0.2, 0.25) is 0 Å². The van der Waals surface area contributed by atoms with Crippen LogP contribution in [0.4, 0.5) is 0 Å². The molecule has 7 nitrogen and oxygen atoms in total. The van der Waals surface area contributed by atoms with Crippen molar-refractivity contribution in [2.45, 2.75) is 0 Å². The summed E-state index contributed by atoms with van der Waals surface area (Å²) >= 11 is 0. The second kappa shape index (κ2) is 5.03. The molecule has 0 fully saturated rings. The lowest BCUT2D eigenvalue weighted by Gasteiger charge is -2.18. The van der Waals surface area contributed by atoms with Crippen molar-refractivity contribution in [3.63, 3.8) is 0 Å². The van der Waals surface area contributed by atoms with Crippen molar-refractivity contribution in [2.75, 3.05) is 32.8 Å². The topological polar surface area (TPSA) is 92.8 Å². The molecule has 0 aliphatic rings. The van der Waals surface area contributed by atoms with Crippen LogP contribution in [0.25, 0.3) is 0 Å². The Hall–Kier alpha value is -0.220. The van der Waals surface area contributed by atoms with Gasteiger partial charge in [0.05, 0.1) is 25.7 Å². The van der Waals surface area contributed by atoms with Gasteiger partial charge in [0, 0.05) is 7.11 Å². The van der Waals surface area contributed by atoms with Crippen molar-refractivity contribution in [2.24, 2.45) is 0 Å². The molecule has 0 aromatic carbocycles. The predicted molar refractivity (Wildman–Crippen MR) is 51.4 cm³/mol. The van der Waals surface area contributed by atoms with Crippen LogP contribution >= 0.6 is 0 Å². The second-order valence-corrected chi connectivity index (χ2v) is 6.33. The van der Waals surface area contributed by atoms with Crippen molar-refractivity contribution < 1.29 is 21.6 Å². The molecule has 0 spiro atoms. The van der Waals surface area contributed by atoms with Crippen LogP contribution < -0.4 is 4.83 Å². The summed E-state index contributed by atoms with van der Waals surface area (Å²) in [5.74, 6) is 0. The van der Waals surface area contributed by atoms with E-state index in [2.05, 4.69) is 4.74 Å². The molecule has 0 radical (unpaired) electrons. The maximum absolute atomic E-state index is 11.1. The molecule has 0 aromatic rings. The highest BCUT2D eigenvalue weighted by atomic mass is 32.2. The minimum absolute atomic E-state index is 0.0671. The molecule has 0 unspecified atom stereocenters. The first-order valence-electron chi connectivity index (χ1n) is 3.61. The molecule has 0 bridgehead atoms. The predicted octanol–water partition coefficient (Wildman–Crippen LogP) is -1.64. The Kier molecular flexibility index (Phi) is 4.95. The van der Waals surface area contributed by atoms with Crippen LogP contribution in [-0.4, -0.2) is 54.0 Å². The first-order chi connectivity index (χ1) is 6.17. The lowest BCUT2D eigenvalue weighted by Crippen LogP contribution is -2.46. The van der Waals surface area contributed by atoms with Gasteiger partial charge in [-0.1, -0.05) is 0 Å². The Labute approximate surface area is 84.1 Å². The van der Waals surface area contributed by atoms with E-state index in [0.29, 0.717) is 4.41 Å². The van der Waals surface area contributed by atoms with Crippen molar-refractivity contribution in [1.82, 2.24) is 9.25 Å². The molecule has 0 amide bonds. The highest BCUT2D eigenvalue weighted by molar-refractivity contribution is 7.91. The first kappa shape index (κ1) is 13.8. The van der Waals surface area contributed by atoms with E-state index in [1.165, 1.54) is 7.11 Å². The van der Waals surface area contributed by atoms with Gasteiger partial charge in [-0.15, -0.1) is 9.25 Å². The summed E-state index contributed by atoms with van der Waals surface area (Å²) in [6, 6.07) is 0. The summed E-state index contributed by atoms with van der Waals surface area (Å²) in [5.41, 5.74) is 0. The third kappa shape index (κ3) is 6.27. The zero-order valence-corrected chi connectivity index (χ0v) is 9.85. The molecular weight excluding hydrogens is 232 g/mol. The monoisotopic (exact) mass is 246 g/mol. The van der Waals surface area contributed by atoms with Crippen LogP contribution in [0.5, 0.6) is 0 Å².